The minimum absolute atomic E-state index is 1.16. The van der Waals surface area contributed by atoms with Crippen molar-refractivity contribution in [1.29, 1.82) is 0 Å². The standard InChI is InChI=1S/C50H32N2/c1-3-19-43-37(13-1)38-14-2-4-20-44(38)50(34-27-31-36(32-28-34)52-47-23-11-7-17-41(47)42-18-8-12-24-48(42)52)49(43)33-25-29-35(30-26-33)51-45-21-9-5-15-39(45)40-16-6-10-22-46(40)51/h1-32H. The van der Waals surface area contributed by atoms with E-state index in [9.17, 15) is 0 Å². The second-order valence-electron chi connectivity index (χ2n) is 13.7. The minimum atomic E-state index is 1.16. The maximum atomic E-state index is 2.39. The lowest BCUT2D eigenvalue weighted by molar-refractivity contribution is 1.18. The lowest BCUT2D eigenvalue weighted by Crippen LogP contribution is -1.96. The van der Waals surface area contributed by atoms with Crippen molar-refractivity contribution in [3.63, 3.8) is 0 Å². The number of benzene rings is 9. The first-order chi connectivity index (χ1) is 25.8. The van der Waals surface area contributed by atoms with E-state index < -0.39 is 0 Å². The molecule has 0 fully saturated rings. The van der Waals surface area contributed by atoms with Crippen molar-refractivity contribution in [2.45, 2.75) is 0 Å². The van der Waals surface area contributed by atoms with E-state index in [0.29, 0.717) is 0 Å². The van der Waals surface area contributed by atoms with Gasteiger partial charge < -0.3 is 9.13 Å². The van der Waals surface area contributed by atoms with Crippen LogP contribution >= 0.6 is 0 Å². The smallest absolute Gasteiger partial charge is 0.0541 e. The maximum Gasteiger partial charge on any atom is 0.0541 e. The fourth-order valence-corrected chi connectivity index (χ4v) is 8.70. The van der Waals surface area contributed by atoms with Crippen LogP contribution in [0.25, 0.3) is 98.8 Å². The summed E-state index contributed by atoms with van der Waals surface area (Å²) in [6.45, 7) is 0. The van der Waals surface area contributed by atoms with Crippen LogP contribution in [0, 0.1) is 0 Å². The van der Waals surface area contributed by atoms with Crippen molar-refractivity contribution in [1.82, 2.24) is 9.13 Å². The van der Waals surface area contributed by atoms with Crippen molar-refractivity contribution >= 4 is 65.2 Å². The lowest BCUT2D eigenvalue weighted by Gasteiger charge is -2.19. The van der Waals surface area contributed by atoms with Gasteiger partial charge in [-0.3, -0.25) is 0 Å². The SMILES string of the molecule is c1ccc2c(c1)c(-c1ccc(-n3c4ccccc4c4ccccc43)cc1)c(-c1ccc(-n3c4ccccc4c4ccccc43)cc1)c1ccccc12. The zero-order valence-electron chi connectivity index (χ0n) is 28.4. The van der Waals surface area contributed by atoms with Crippen LogP contribution in [-0.2, 0) is 0 Å². The Hall–Kier alpha value is -6.90. The van der Waals surface area contributed by atoms with Crippen LogP contribution < -0.4 is 0 Å². The second kappa shape index (κ2) is 11.3. The van der Waals surface area contributed by atoms with Gasteiger partial charge in [0, 0.05) is 32.9 Å². The van der Waals surface area contributed by atoms with Gasteiger partial charge in [0.2, 0.25) is 0 Å². The molecule has 0 unspecified atom stereocenters. The quantitative estimate of drug-likeness (QED) is 0.166. The molecule has 2 aromatic heterocycles. The Balaban J connectivity index is 1.13. The molecule has 0 N–H and O–H groups in total. The third-order valence-corrected chi connectivity index (χ3v) is 10.9. The number of hydrogen-bond donors (Lipinski definition) is 0. The van der Waals surface area contributed by atoms with Crippen LogP contribution in [0.5, 0.6) is 0 Å². The molecule has 0 bridgehead atoms. The van der Waals surface area contributed by atoms with Crippen molar-refractivity contribution in [2.24, 2.45) is 0 Å². The summed E-state index contributed by atoms with van der Waals surface area (Å²) in [5, 5.41) is 10.1. The van der Waals surface area contributed by atoms with E-state index in [1.807, 2.05) is 0 Å². The van der Waals surface area contributed by atoms with Gasteiger partial charge >= 0.3 is 0 Å². The molecule has 0 radical (unpaired) electrons. The summed E-state index contributed by atoms with van der Waals surface area (Å²) in [4.78, 5) is 0. The number of rotatable bonds is 4. The van der Waals surface area contributed by atoms with Gasteiger partial charge in [0.25, 0.3) is 0 Å². The van der Waals surface area contributed by atoms with E-state index in [4.69, 9.17) is 0 Å². The molecular weight excluding hydrogens is 629 g/mol. The molecule has 11 rings (SSSR count). The van der Waals surface area contributed by atoms with Crippen LogP contribution in [0.4, 0.5) is 0 Å². The fourth-order valence-electron chi connectivity index (χ4n) is 8.70. The Bertz CT molecular complexity index is 2840. The Kier molecular flexibility index (Phi) is 6.28. The molecule has 0 amide bonds. The average molecular weight is 661 g/mol. The summed E-state index contributed by atoms with van der Waals surface area (Å²) in [6.07, 6.45) is 0. The zero-order valence-corrected chi connectivity index (χ0v) is 28.4. The third-order valence-electron chi connectivity index (χ3n) is 10.9. The van der Waals surface area contributed by atoms with E-state index in [2.05, 4.69) is 203 Å². The van der Waals surface area contributed by atoms with E-state index >= 15 is 0 Å². The van der Waals surface area contributed by atoms with Crippen molar-refractivity contribution in [3.8, 4) is 33.6 Å². The molecule has 0 spiro atoms. The van der Waals surface area contributed by atoms with Crippen molar-refractivity contribution < 1.29 is 0 Å². The number of aromatic nitrogens is 2. The Morgan fingerprint density at radius 1 is 0.212 bits per heavy atom. The Labute approximate surface area is 301 Å². The molecule has 0 saturated carbocycles. The molecule has 2 nitrogen and oxygen atoms in total. The third kappa shape index (κ3) is 4.19. The number of fused-ring (bicyclic) bond motifs is 9. The fraction of sp³-hybridized carbons (Fsp3) is 0. The normalized spacial score (nSPS) is 11.8. The van der Waals surface area contributed by atoms with Crippen LogP contribution in [0.3, 0.4) is 0 Å². The molecule has 2 heteroatoms. The van der Waals surface area contributed by atoms with Gasteiger partial charge in [0.15, 0.2) is 0 Å². The molecular formula is C50H32N2. The molecule has 0 aliphatic carbocycles. The Morgan fingerprint density at radius 2 is 0.462 bits per heavy atom. The summed E-state index contributed by atoms with van der Waals surface area (Å²) >= 11 is 0. The summed E-state index contributed by atoms with van der Waals surface area (Å²) < 4.78 is 4.78. The first-order valence-corrected chi connectivity index (χ1v) is 17.9. The molecule has 2 heterocycles. The topological polar surface area (TPSA) is 9.86 Å². The van der Waals surface area contributed by atoms with Gasteiger partial charge in [-0.15, -0.1) is 0 Å². The highest BCUT2D eigenvalue weighted by Crippen LogP contribution is 2.45. The number of para-hydroxylation sites is 4. The minimum Gasteiger partial charge on any atom is -0.309 e. The van der Waals surface area contributed by atoms with Crippen molar-refractivity contribution in [2.75, 3.05) is 0 Å². The predicted octanol–water partition coefficient (Wildman–Crippen LogP) is 13.5. The van der Waals surface area contributed by atoms with Gasteiger partial charge in [-0.25, -0.2) is 0 Å². The molecule has 52 heavy (non-hydrogen) atoms. The van der Waals surface area contributed by atoms with Crippen LogP contribution in [0.1, 0.15) is 0 Å². The second-order valence-corrected chi connectivity index (χ2v) is 13.7. The Morgan fingerprint density at radius 3 is 0.769 bits per heavy atom. The van der Waals surface area contributed by atoms with Gasteiger partial charge in [-0.1, -0.05) is 146 Å². The largest absolute Gasteiger partial charge is 0.309 e. The highest BCUT2D eigenvalue weighted by atomic mass is 15.0. The van der Waals surface area contributed by atoms with Gasteiger partial charge in [0.1, 0.15) is 0 Å². The van der Waals surface area contributed by atoms with Crippen molar-refractivity contribution in [3.05, 3.63) is 194 Å². The summed E-state index contributed by atoms with van der Waals surface area (Å²) in [5.41, 5.74) is 12.1. The molecule has 0 aliphatic heterocycles. The number of hydrogen-bond acceptors (Lipinski definition) is 0. The summed E-state index contributed by atoms with van der Waals surface area (Å²) in [7, 11) is 0. The molecule has 0 aliphatic rings. The first-order valence-electron chi connectivity index (χ1n) is 17.9. The molecule has 0 saturated heterocycles. The van der Waals surface area contributed by atoms with Gasteiger partial charge in [-0.2, -0.15) is 0 Å². The van der Waals surface area contributed by atoms with E-state index in [0.717, 1.165) is 11.4 Å². The summed E-state index contributed by atoms with van der Waals surface area (Å²) in [5.74, 6) is 0. The summed E-state index contributed by atoms with van der Waals surface area (Å²) in [6, 6.07) is 71.0. The highest BCUT2D eigenvalue weighted by Gasteiger charge is 2.19. The van der Waals surface area contributed by atoms with Crippen LogP contribution in [0.15, 0.2) is 194 Å². The predicted molar refractivity (Wildman–Crippen MR) is 221 cm³/mol. The maximum absolute atomic E-state index is 2.39. The lowest BCUT2D eigenvalue weighted by atomic mass is 9.85. The van der Waals surface area contributed by atoms with Crippen LogP contribution in [0.2, 0.25) is 0 Å². The first kappa shape index (κ1) is 28.9. The highest BCUT2D eigenvalue weighted by molar-refractivity contribution is 6.21. The van der Waals surface area contributed by atoms with Crippen LogP contribution in [-0.4, -0.2) is 9.13 Å². The van der Waals surface area contributed by atoms with E-state index in [1.54, 1.807) is 0 Å². The number of nitrogens with zero attached hydrogens (tertiary/aromatic N) is 2. The monoisotopic (exact) mass is 660 g/mol. The zero-order chi connectivity index (χ0) is 34.2. The molecule has 242 valence electrons. The van der Waals surface area contributed by atoms with Gasteiger partial charge in [0.05, 0.1) is 22.1 Å². The van der Waals surface area contributed by atoms with Gasteiger partial charge in [-0.05, 0) is 92.3 Å². The molecule has 0 atom stereocenters. The molecule has 11 aromatic rings. The molecule has 9 aromatic carbocycles. The van der Waals surface area contributed by atoms with E-state index in [1.165, 1.54) is 87.4 Å². The van der Waals surface area contributed by atoms with E-state index in [-0.39, 0.29) is 0 Å². The average Bonchev–Trinajstić information content (AvgIpc) is 3.74.